The van der Waals surface area contributed by atoms with Gasteiger partial charge in [-0.1, -0.05) is 23.7 Å². The van der Waals surface area contributed by atoms with Crippen molar-refractivity contribution in [2.24, 2.45) is 5.73 Å². The summed E-state index contributed by atoms with van der Waals surface area (Å²) in [5.41, 5.74) is 2.59. The van der Waals surface area contributed by atoms with E-state index in [1.807, 2.05) is 0 Å². The fraction of sp³-hybridized carbons (Fsp3) is 0.316. The SMILES string of the molecule is CC1([C@@H](c2ccc(F)c(Cl)c2)c2cccc(C(F)(F)F)n2)C(=O)NCCN1C(N)=O. The Bertz CT molecular complexity index is 1000. The lowest BCUT2D eigenvalue weighted by Gasteiger charge is -2.47. The van der Waals surface area contributed by atoms with Gasteiger partial charge in [-0.05, 0) is 36.8 Å². The number of nitrogens with zero attached hydrogens (tertiary/aromatic N) is 2. The Balaban J connectivity index is 2.28. The second-order valence-corrected chi connectivity index (χ2v) is 7.35. The minimum Gasteiger partial charge on any atom is -0.352 e. The number of alkyl halides is 3. The number of nitrogens with two attached hydrogens (primary N) is 1. The summed E-state index contributed by atoms with van der Waals surface area (Å²) < 4.78 is 53.6. The standard InChI is InChI=1S/C19H17ClF4N4O2/c1-18(16(29)26-7-8-28(18)17(25)30)15(10-5-6-12(21)11(20)9-10)13-3-2-4-14(27-13)19(22,23)24/h2-6,9,15H,7-8H2,1H3,(H2,25,30)(H,26,29)/t15-,18?/m0/s1. The van der Waals surface area contributed by atoms with Crippen LogP contribution in [0, 0.1) is 5.82 Å². The van der Waals surface area contributed by atoms with E-state index in [9.17, 15) is 27.2 Å². The second-order valence-electron chi connectivity index (χ2n) is 6.95. The molecule has 0 aliphatic carbocycles. The van der Waals surface area contributed by atoms with E-state index in [0.717, 1.165) is 23.1 Å². The monoisotopic (exact) mass is 444 g/mol. The minimum atomic E-state index is -4.74. The molecule has 0 saturated carbocycles. The van der Waals surface area contributed by atoms with E-state index >= 15 is 0 Å². The van der Waals surface area contributed by atoms with Crippen molar-refractivity contribution in [3.05, 3.63) is 64.2 Å². The number of carbonyl (C=O) groups excluding carboxylic acids is 2. The number of rotatable bonds is 3. The lowest BCUT2D eigenvalue weighted by Crippen LogP contribution is -2.68. The quantitative estimate of drug-likeness (QED) is 0.712. The maximum atomic E-state index is 13.7. The number of primary amides is 1. The van der Waals surface area contributed by atoms with Crippen LogP contribution in [0.4, 0.5) is 22.4 Å². The molecule has 2 aromatic rings. The summed E-state index contributed by atoms with van der Waals surface area (Å²) in [5.74, 6) is -2.61. The summed E-state index contributed by atoms with van der Waals surface area (Å²) in [6.45, 7) is 1.52. The average Bonchev–Trinajstić information content (AvgIpc) is 2.66. The number of hydrogen-bond acceptors (Lipinski definition) is 3. The van der Waals surface area contributed by atoms with Crippen LogP contribution in [0.25, 0.3) is 0 Å². The highest BCUT2D eigenvalue weighted by Gasteiger charge is 2.52. The smallest absolute Gasteiger partial charge is 0.352 e. The Morgan fingerprint density at radius 2 is 2.03 bits per heavy atom. The van der Waals surface area contributed by atoms with E-state index in [1.165, 1.54) is 25.1 Å². The molecule has 0 bridgehead atoms. The van der Waals surface area contributed by atoms with Crippen molar-refractivity contribution in [1.82, 2.24) is 15.2 Å². The van der Waals surface area contributed by atoms with Gasteiger partial charge in [-0.15, -0.1) is 0 Å². The molecule has 1 aliphatic rings. The zero-order valence-electron chi connectivity index (χ0n) is 15.6. The first-order chi connectivity index (χ1) is 14.0. The molecular weight excluding hydrogens is 428 g/mol. The van der Waals surface area contributed by atoms with Gasteiger partial charge in [0.2, 0.25) is 5.91 Å². The Labute approximate surface area is 174 Å². The summed E-state index contributed by atoms with van der Waals surface area (Å²) in [6, 6.07) is 5.78. The van der Waals surface area contributed by atoms with Crippen LogP contribution in [0.5, 0.6) is 0 Å². The van der Waals surface area contributed by atoms with E-state index in [4.69, 9.17) is 17.3 Å². The number of benzene rings is 1. The first-order valence-corrected chi connectivity index (χ1v) is 9.18. The fourth-order valence-corrected chi connectivity index (χ4v) is 3.88. The molecular formula is C19H17ClF4N4O2. The molecule has 3 rings (SSSR count). The topological polar surface area (TPSA) is 88.3 Å². The van der Waals surface area contributed by atoms with Crippen LogP contribution in [-0.4, -0.2) is 40.5 Å². The number of aromatic nitrogens is 1. The van der Waals surface area contributed by atoms with Gasteiger partial charge in [0.05, 0.1) is 16.6 Å². The number of amides is 3. The molecule has 2 heterocycles. The van der Waals surface area contributed by atoms with Crippen molar-refractivity contribution in [2.75, 3.05) is 13.1 Å². The number of urea groups is 1. The molecule has 160 valence electrons. The molecule has 6 nitrogen and oxygen atoms in total. The minimum absolute atomic E-state index is 0.0297. The van der Waals surface area contributed by atoms with Crippen LogP contribution in [0.1, 0.15) is 29.8 Å². The third-order valence-electron chi connectivity index (χ3n) is 5.10. The molecule has 0 spiro atoms. The van der Waals surface area contributed by atoms with Crippen molar-refractivity contribution in [1.29, 1.82) is 0 Å². The van der Waals surface area contributed by atoms with Gasteiger partial charge in [0.15, 0.2) is 0 Å². The maximum Gasteiger partial charge on any atom is 0.433 e. The molecule has 1 saturated heterocycles. The molecule has 30 heavy (non-hydrogen) atoms. The third kappa shape index (κ3) is 3.79. The van der Waals surface area contributed by atoms with E-state index in [-0.39, 0.29) is 29.4 Å². The van der Waals surface area contributed by atoms with Gasteiger partial charge in [-0.25, -0.2) is 14.2 Å². The first kappa shape index (κ1) is 21.8. The Morgan fingerprint density at radius 3 is 2.63 bits per heavy atom. The van der Waals surface area contributed by atoms with Crippen LogP contribution in [0.3, 0.4) is 0 Å². The van der Waals surface area contributed by atoms with E-state index < -0.39 is 41.1 Å². The van der Waals surface area contributed by atoms with Crippen molar-refractivity contribution in [3.63, 3.8) is 0 Å². The maximum absolute atomic E-state index is 13.7. The van der Waals surface area contributed by atoms with Crippen LogP contribution in [0.15, 0.2) is 36.4 Å². The zero-order valence-corrected chi connectivity index (χ0v) is 16.4. The predicted octanol–water partition coefficient (Wildman–Crippen LogP) is 3.29. The summed E-state index contributed by atoms with van der Waals surface area (Å²) in [5, 5.41) is 2.31. The van der Waals surface area contributed by atoms with Gasteiger partial charge in [0.1, 0.15) is 17.1 Å². The zero-order chi connectivity index (χ0) is 22.3. The van der Waals surface area contributed by atoms with Gasteiger partial charge < -0.3 is 16.0 Å². The predicted molar refractivity (Wildman–Crippen MR) is 100 cm³/mol. The van der Waals surface area contributed by atoms with E-state index in [2.05, 4.69) is 10.3 Å². The van der Waals surface area contributed by atoms with Crippen LogP contribution < -0.4 is 11.1 Å². The third-order valence-corrected chi connectivity index (χ3v) is 5.39. The molecule has 3 N–H and O–H groups in total. The lowest BCUT2D eigenvalue weighted by molar-refractivity contribution is -0.141. The van der Waals surface area contributed by atoms with Gasteiger partial charge >= 0.3 is 12.2 Å². The van der Waals surface area contributed by atoms with Crippen LogP contribution in [-0.2, 0) is 11.0 Å². The number of nitrogens with one attached hydrogen (secondary N) is 1. The van der Waals surface area contributed by atoms with Gasteiger partial charge in [0.25, 0.3) is 0 Å². The van der Waals surface area contributed by atoms with Crippen LogP contribution >= 0.6 is 11.6 Å². The summed E-state index contributed by atoms with van der Waals surface area (Å²) in [6.07, 6.45) is -4.74. The van der Waals surface area contributed by atoms with E-state index in [0.29, 0.717) is 0 Å². The van der Waals surface area contributed by atoms with Gasteiger partial charge in [-0.3, -0.25) is 4.79 Å². The molecule has 2 atom stereocenters. The Morgan fingerprint density at radius 1 is 1.33 bits per heavy atom. The molecule has 1 aromatic carbocycles. The number of hydrogen-bond donors (Lipinski definition) is 2. The number of carbonyl (C=O) groups is 2. The van der Waals surface area contributed by atoms with Crippen molar-refractivity contribution in [2.45, 2.75) is 24.6 Å². The summed E-state index contributed by atoms with van der Waals surface area (Å²) >= 11 is 5.89. The fourth-order valence-electron chi connectivity index (χ4n) is 3.69. The Hall–Kier alpha value is -2.88. The van der Waals surface area contributed by atoms with Crippen molar-refractivity contribution < 1.29 is 27.2 Å². The highest BCUT2D eigenvalue weighted by Crippen LogP contribution is 2.41. The number of pyridine rings is 1. The summed E-state index contributed by atoms with van der Waals surface area (Å²) in [4.78, 5) is 29.8. The second kappa shape index (κ2) is 7.75. The summed E-state index contributed by atoms with van der Waals surface area (Å²) in [7, 11) is 0. The molecule has 1 unspecified atom stereocenters. The largest absolute Gasteiger partial charge is 0.433 e. The highest BCUT2D eigenvalue weighted by atomic mass is 35.5. The Kier molecular flexibility index (Phi) is 5.64. The van der Waals surface area contributed by atoms with Gasteiger partial charge in [0, 0.05) is 13.1 Å². The molecule has 1 fully saturated rings. The number of piperazine rings is 1. The lowest BCUT2D eigenvalue weighted by atomic mass is 9.75. The number of halogens is 5. The molecule has 1 aliphatic heterocycles. The molecule has 0 radical (unpaired) electrons. The van der Waals surface area contributed by atoms with Crippen molar-refractivity contribution >= 4 is 23.5 Å². The average molecular weight is 445 g/mol. The molecule has 3 amide bonds. The van der Waals surface area contributed by atoms with Crippen molar-refractivity contribution in [3.8, 4) is 0 Å². The first-order valence-electron chi connectivity index (χ1n) is 8.80. The van der Waals surface area contributed by atoms with Crippen LogP contribution in [0.2, 0.25) is 5.02 Å². The molecule has 1 aromatic heterocycles. The van der Waals surface area contributed by atoms with E-state index in [1.54, 1.807) is 0 Å². The van der Waals surface area contributed by atoms with Gasteiger partial charge in [-0.2, -0.15) is 13.2 Å². The molecule has 11 heteroatoms. The highest BCUT2D eigenvalue weighted by molar-refractivity contribution is 6.30. The normalized spacial score (nSPS) is 20.6.